The number of thiazole rings is 1. The Hall–Kier alpha value is -3.71. The van der Waals surface area contributed by atoms with Crippen LogP contribution < -0.4 is 10.2 Å². The highest BCUT2D eigenvalue weighted by Crippen LogP contribution is 2.22. The average Bonchev–Trinajstić information content (AvgIpc) is 3.54. The molecule has 1 aliphatic rings. The molecule has 1 aliphatic heterocycles. The van der Waals surface area contributed by atoms with Gasteiger partial charge in [0, 0.05) is 49.3 Å². The number of carbonyl (C=O) groups excluding carboxylic acids is 1. The van der Waals surface area contributed by atoms with E-state index in [9.17, 15) is 4.79 Å². The van der Waals surface area contributed by atoms with Crippen LogP contribution in [-0.4, -0.2) is 33.5 Å². The number of anilines is 2. The minimum Gasteiger partial charge on any atom is -0.372 e. The molecular weight excluding hydrogens is 442 g/mol. The standard InChI is InChI=1S/C27H27N5OS/c33-26(25-5-4-18-32(25)19-22-12-14-28-15-13-22)30-27-29-23(20-34-27)9-6-21-7-10-24(11-8-21)31-16-2-1-3-17-31/h4-15,18,20H,1-3,16-17,19H2,(H,29,30,33)/b9-6+. The van der Waals surface area contributed by atoms with Gasteiger partial charge in [0.2, 0.25) is 0 Å². The Kier molecular flexibility index (Phi) is 6.81. The van der Waals surface area contributed by atoms with Crippen LogP contribution in [0.4, 0.5) is 10.8 Å². The zero-order valence-corrected chi connectivity index (χ0v) is 19.7. The summed E-state index contributed by atoms with van der Waals surface area (Å²) in [6.07, 6.45) is 13.3. The third kappa shape index (κ3) is 5.43. The van der Waals surface area contributed by atoms with Crippen LogP contribution in [0.15, 0.2) is 72.5 Å². The molecule has 1 fully saturated rings. The van der Waals surface area contributed by atoms with Crippen molar-refractivity contribution in [3.63, 3.8) is 0 Å². The smallest absolute Gasteiger partial charge is 0.274 e. The topological polar surface area (TPSA) is 63.1 Å². The number of rotatable bonds is 7. The maximum Gasteiger partial charge on any atom is 0.274 e. The maximum absolute atomic E-state index is 12.8. The van der Waals surface area contributed by atoms with Gasteiger partial charge in [-0.15, -0.1) is 11.3 Å². The first-order chi connectivity index (χ1) is 16.7. The van der Waals surface area contributed by atoms with E-state index in [1.807, 2.05) is 46.5 Å². The molecule has 34 heavy (non-hydrogen) atoms. The van der Waals surface area contributed by atoms with Crippen molar-refractivity contribution in [3.8, 4) is 0 Å². The summed E-state index contributed by atoms with van der Waals surface area (Å²) in [5, 5.41) is 5.46. The third-order valence-electron chi connectivity index (χ3n) is 5.97. The number of hydrogen-bond donors (Lipinski definition) is 1. The van der Waals surface area contributed by atoms with Crippen molar-refractivity contribution >= 4 is 40.2 Å². The summed E-state index contributed by atoms with van der Waals surface area (Å²) in [7, 11) is 0. The van der Waals surface area contributed by atoms with E-state index in [4.69, 9.17) is 0 Å². The molecule has 1 saturated heterocycles. The predicted octanol–water partition coefficient (Wildman–Crippen LogP) is 5.80. The lowest BCUT2D eigenvalue weighted by Crippen LogP contribution is -2.29. The largest absolute Gasteiger partial charge is 0.372 e. The molecule has 0 bridgehead atoms. The van der Waals surface area contributed by atoms with Crippen molar-refractivity contribution in [2.75, 3.05) is 23.3 Å². The van der Waals surface area contributed by atoms with Gasteiger partial charge in [0.05, 0.1) is 5.69 Å². The second kappa shape index (κ2) is 10.5. The summed E-state index contributed by atoms with van der Waals surface area (Å²) in [5.74, 6) is -0.169. The average molecular weight is 470 g/mol. The lowest BCUT2D eigenvalue weighted by molar-refractivity contribution is 0.101. The van der Waals surface area contributed by atoms with E-state index < -0.39 is 0 Å². The summed E-state index contributed by atoms with van der Waals surface area (Å²) in [5.41, 5.74) is 4.94. The summed E-state index contributed by atoms with van der Waals surface area (Å²) in [6.45, 7) is 2.91. The van der Waals surface area contributed by atoms with E-state index in [0.29, 0.717) is 17.4 Å². The van der Waals surface area contributed by atoms with E-state index in [1.54, 1.807) is 12.4 Å². The fourth-order valence-electron chi connectivity index (χ4n) is 4.15. The van der Waals surface area contributed by atoms with Crippen LogP contribution in [-0.2, 0) is 6.54 Å². The van der Waals surface area contributed by atoms with Crippen molar-refractivity contribution in [3.05, 3.63) is 95.0 Å². The highest BCUT2D eigenvalue weighted by atomic mass is 32.1. The van der Waals surface area contributed by atoms with Gasteiger partial charge in [0.1, 0.15) is 5.69 Å². The Labute approximate surface area is 203 Å². The molecule has 1 aromatic carbocycles. The second-order valence-electron chi connectivity index (χ2n) is 8.38. The maximum atomic E-state index is 12.8. The van der Waals surface area contributed by atoms with Gasteiger partial charge in [-0.05, 0) is 72.9 Å². The fraction of sp³-hybridized carbons (Fsp3) is 0.222. The molecule has 4 heterocycles. The zero-order chi connectivity index (χ0) is 23.2. The quantitative estimate of drug-likeness (QED) is 0.371. The van der Waals surface area contributed by atoms with Crippen LogP contribution in [0.1, 0.15) is 46.6 Å². The van der Waals surface area contributed by atoms with Crippen LogP contribution in [0.3, 0.4) is 0 Å². The number of pyridine rings is 1. The van der Waals surface area contributed by atoms with Gasteiger partial charge in [-0.25, -0.2) is 4.98 Å². The molecule has 1 amide bonds. The molecule has 0 aliphatic carbocycles. The van der Waals surface area contributed by atoms with Gasteiger partial charge in [0.15, 0.2) is 5.13 Å². The van der Waals surface area contributed by atoms with Crippen LogP contribution in [0.25, 0.3) is 12.2 Å². The third-order valence-corrected chi connectivity index (χ3v) is 6.74. The Morgan fingerprint density at radius 3 is 2.59 bits per heavy atom. The fourth-order valence-corrected chi connectivity index (χ4v) is 4.83. The summed E-state index contributed by atoms with van der Waals surface area (Å²) < 4.78 is 1.92. The predicted molar refractivity (Wildman–Crippen MR) is 139 cm³/mol. The lowest BCUT2D eigenvalue weighted by Gasteiger charge is -2.28. The van der Waals surface area contributed by atoms with Crippen molar-refractivity contribution in [2.24, 2.45) is 0 Å². The van der Waals surface area contributed by atoms with Crippen LogP contribution in [0, 0.1) is 0 Å². The number of amides is 1. The van der Waals surface area contributed by atoms with Crippen molar-refractivity contribution in [1.29, 1.82) is 0 Å². The first-order valence-electron chi connectivity index (χ1n) is 11.6. The number of aromatic nitrogens is 3. The van der Waals surface area contributed by atoms with E-state index in [0.717, 1.165) is 29.9 Å². The van der Waals surface area contributed by atoms with Gasteiger partial charge < -0.3 is 9.47 Å². The Morgan fingerprint density at radius 1 is 1.00 bits per heavy atom. The van der Waals surface area contributed by atoms with Crippen LogP contribution in [0.5, 0.6) is 0 Å². The molecule has 0 spiro atoms. The van der Waals surface area contributed by atoms with E-state index in [2.05, 4.69) is 50.5 Å². The SMILES string of the molecule is O=C(Nc1nc(/C=C/c2ccc(N3CCCCC3)cc2)cs1)c1cccn1Cc1ccncc1. The molecule has 6 nitrogen and oxygen atoms in total. The molecule has 0 atom stereocenters. The molecule has 0 saturated carbocycles. The number of benzene rings is 1. The van der Waals surface area contributed by atoms with E-state index in [1.165, 1.54) is 36.3 Å². The van der Waals surface area contributed by atoms with Crippen molar-refractivity contribution < 1.29 is 4.79 Å². The van der Waals surface area contributed by atoms with E-state index in [-0.39, 0.29) is 5.91 Å². The van der Waals surface area contributed by atoms with Gasteiger partial charge >= 0.3 is 0 Å². The molecule has 172 valence electrons. The Bertz CT molecular complexity index is 1250. The Balaban J connectivity index is 1.20. The summed E-state index contributed by atoms with van der Waals surface area (Å²) in [4.78, 5) is 23.9. The van der Waals surface area contributed by atoms with Gasteiger partial charge in [-0.1, -0.05) is 18.2 Å². The minimum absolute atomic E-state index is 0.169. The molecule has 4 aromatic rings. The first kappa shape index (κ1) is 22.1. The monoisotopic (exact) mass is 469 g/mol. The van der Waals surface area contributed by atoms with Gasteiger partial charge in [-0.2, -0.15) is 0 Å². The minimum atomic E-state index is -0.169. The lowest BCUT2D eigenvalue weighted by atomic mass is 10.1. The first-order valence-corrected chi connectivity index (χ1v) is 12.5. The molecule has 7 heteroatoms. The van der Waals surface area contributed by atoms with Gasteiger partial charge in [-0.3, -0.25) is 15.1 Å². The molecule has 5 rings (SSSR count). The summed E-state index contributed by atoms with van der Waals surface area (Å²) >= 11 is 1.42. The molecule has 3 aromatic heterocycles. The Morgan fingerprint density at radius 2 is 1.79 bits per heavy atom. The normalized spacial score (nSPS) is 13.9. The van der Waals surface area contributed by atoms with Crippen molar-refractivity contribution in [1.82, 2.24) is 14.5 Å². The number of hydrogen-bond acceptors (Lipinski definition) is 5. The highest BCUT2D eigenvalue weighted by molar-refractivity contribution is 7.14. The van der Waals surface area contributed by atoms with Gasteiger partial charge in [0.25, 0.3) is 5.91 Å². The summed E-state index contributed by atoms with van der Waals surface area (Å²) in [6, 6.07) is 16.3. The molecule has 0 radical (unpaired) electrons. The zero-order valence-electron chi connectivity index (χ0n) is 18.9. The number of nitrogens with zero attached hydrogens (tertiary/aromatic N) is 4. The van der Waals surface area contributed by atoms with Crippen LogP contribution >= 0.6 is 11.3 Å². The second-order valence-corrected chi connectivity index (χ2v) is 9.24. The molecule has 0 unspecified atom stereocenters. The molecule has 1 N–H and O–H groups in total. The number of carbonyl (C=O) groups is 1. The molecular formula is C27H27N5OS. The number of nitrogens with one attached hydrogen (secondary N) is 1. The van der Waals surface area contributed by atoms with E-state index >= 15 is 0 Å². The highest BCUT2D eigenvalue weighted by Gasteiger charge is 2.13. The van der Waals surface area contributed by atoms with Crippen LogP contribution in [0.2, 0.25) is 0 Å². The number of piperidine rings is 1. The van der Waals surface area contributed by atoms with Crippen molar-refractivity contribution in [2.45, 2.75) is 25.8 Å².